The van der Waals surface area contributed by atoms with E-state index in [0.717, 1.165) is 11.3 Å². The molecule has 2 aromatic carbocycles. The third kappa shape index (κ3) is 3.09. The first-order valence-corrected chi connectivity index (χ1v) is 7.62. The van der Waals surface area contributed by atoms with Gasteiger partial charge in [-0.3, -0.25) is 0 Å². The van der Waals surface area contributed by atoms with Gasteiger partial charge in [0.25, 0.3) is 0 Å². The molecule has 2 nitrogen and oxygen atoms in total. The highest BCUT2D eigenvalue weighted by Gasteiger charge is 2.17. The largest absolute Gasteiger partial charge is 0.389 e. The zero-order chi connectivity index (χ0) is 15.7. The van der Waals surface area contributed by atoms with E-state index in [1.807, 2.05) is 37.9 Å². The van der Waals surface area contributed by atoms with E-state index >= 15 is 0 Å². The first-order chi connectivity index (χ1) is 9.82. The second-order valence-corrected chi connectivity index (χ2v) is 6.21. The van der Waals surface area contributed by atoms with Gasteiger partial charge in [0.2, 0.25) is 0 Å². The van der Waals surface area contributed by atoms with E-state index in [-0.39, 0.29) is 10.8 Å². The number of hydrogen-bond acceptors (Lipinski definition) is 2. The molecule has 0 radical (unpaired) electrons. The highest BCUT2D eigenvalue weighted by molar-refractivity contribution is 9.10. The van der Waals surface area contributed by atoms with Crippen LogP contribution in [0, 0.1) is 19.7 Å². The molecule has 0 fully saturated rings. The van der Waals surface area contributed by atoms with Gasteiger partial charge < -0.3 is 10.6 Å². The van der Waals surface area contributed by atoms with Crippen LogP contribution < -0.4 is 10.6 Å². The van der Waals surface area contributed by atoms with Crippen molar-refractivity contribution >= 4 is 44.5 Å². The van der Waals surface area contributed by atoms with Gasteiger partial charge in [0.1, 0.15) is 4.99 Å². The topological polar surface area (TPSA) is 29.3 Å². The predicted molar refractivity (Wildman–Crippen MR) is 94.0 cm³/mol. The summed E-state index contributed by atoms with van der Waals surface area (Å²) in [4.78, 5) is 1.99. The molecule has 0 aliphatic carbocycles. The molecule has 0 bridgehead atoms. The van der Waals surface area contributed by atoms with Crippen LogP contribution in [0.2, 0.25) is 0 Å². The van der Waals surface area contributed by atoms with Crippen molar-refractivity contribution in [1.29, 1.82) is 0 Å². The van der Waals surface area contributed by atoms with Crippen LogP contribution in [-0.4, -0.2) is 12.0 Å². The van der Waals surface area contributed by atoms with Gasteiger partial charge >= 0.3 is 0 Å². The van der Waals surface area contributed by atoms with Crippen molar-refractivity contribution < 1.29 is 4.39 Å². The number of thiocarbonyl (C=S) groups is 1. The van der Waals surface area contributed by atoms with E-state index in [4.69, 9.17) is 18.0 Å². The molecule has 0 unspecified atom stereocenters. The number of anilines is 2. The maximum absolute atomic E-state index is 14.6. The van der Waals surface area contributed by atoms with Crippen LogP contribution in [0.15, 0.2) is 34.8 Å². The Bertz CT molecular complexity index is 716. The van der Waals surface area contributed by atoms with E-state index < -0.39 is 0 Å². The first-order valence-electron chi connectivity index (χ1n) is 6.41. The van der Waals surface area contributed by atoms with Crippen molar-refractivity contribution in [2.45, 2.75) is 13.8 Å². The molecule has 0 amide bonds. The standard InChI is InChI=1S/C16H16BrFN2S/c1-9-4-6-12(10(2)8-9)20(3)13-7-5-11(16(19)21)14(17)15(13)18/h4-8H,1-3H3,(H2,19,21). The molecule has 0 aromatic heterocycles. The minimum atomic E-state index is -0.372. The number of rotatable bonds is 3. The van der Waals surface area contributed by atoms with Crippen molar-refractivity contribution in [3.8, 4) is 0 Å². The minimum absolute atomic E-state index is 0.168. The van der Waals surface area contributed by atoms with Crippen molar-refractivity contribution in [3.63, 3.8) is 0 Å². The van der Waals surface area contributed by atoms with E-state index in [9.17, 15) is 4.39 Å². The maximum Gasteiger partial charge on any atom is 0.161 e. The molecule has 5 heteroatoms. The third-order valence-corrected chi connectivity index (χ3v) is 4.40. The molecule has 0 spiro atoms. The molecular formula is C16H16BrFN2S. The molecule has 2 rings (SSSR count). The van der Waals surface area contributed by atoms with Crippen molar-refractivity contribution in [3.05, 3.63) is 57.3 Å². The zero-order valence-corrected chi connectivity index (χ0v) is 14.5. The highest BCUT2D eigenvalue weighted by Crippen LogP contribution is 2.34. The molecule has 0 aliphatic rings. The normalized spacial score (nSPS) is 10.5. The van der Waals surface area contributed by atoms with E-state index in [2.05, 4.69) is 22.0 Å². The number of halogens is 2. The van der Waals surface area contributed by atoms with Crippen LogP contribution in [0.25, 0.3) is 0 Å². The first kappa shape index (κ1) is 15.9. The minimum Gasteiger partial charge on any atom is -0.389 e. The second kappa shape index (κ2) is 6.12. The second-order valence-electron chi connectivity index (χ2n) is 4.97. The number of hydrogen-bond donors (Lipinski definition) is 1. The highest BCUT2D eigenvalue weighted by atomic mass is 79.9. The fourth-order valence-electron chi connectivity index (χ4n) is 2.30. The molecule has 2 N–H and O–H groups in total. The van der Waals surface area contributed by atoms with Gasteiger partial charge in [-0.2, -0.15) is 0 Å². The van der Waals surface area contributed by atoms with Crippen molar-refractivity contribution in [1.82, 2.24) is 0 Å². The Kier molecular flexibility index (Phi) is 4.64. The lowest BCUT2D eigenvalue weighted by molar-refractivity contribution is 0.620. The summed E-state index contributed by atoms with van der Waals surface area (Å²) in [5, 5.41) is 0. The van der Waals surface area contributed by atoms with Gasteiger partial charge in [-0.15, -0.1) is 0 Å². The summed E-state index contributed by atoms with van der Waals surface area (Å²) >= 11 is 8.15. The number of nitrogens with zero attached hydrogens (tertiary/aromatic N) is 1. The lowest BCUT2D eigenvalue weighted by Crippen LogP contribution is -2.16. The van der Waals surface area contributed by atoms with Gasteiger partial charge in [-0.05, 0) is 53.5 Å². The van der Waals surface area contributed by atoms with Crippen molar-refractivity contribution in [2.75, 3.05) is 11.9 Å². The number of aryl methyl sites for hydroxylation is 2. The Morgan fingerprint density at radius 1 is 1.19 bits per heavy atom. The Hall–Kier alpha value is -1.46. The number of benzene rings is 2. The van der Waals surface area contributed by atoms with Crippen LogP contribution in [0.1, 0.15) is 16.7 Å². The van der Waals surface area contributed by atoms with Crippen LogP contribution >= 0.6 is 28.1 Å². The third-order valence-electron chi connectivity index (χ3n) is 3.40. The molecular weight excluding hydrogens is 351 g/mol. The van der Waals surface area contributed by atoms with Gasteiger partial charge in [-0.1, -0.05) is 29.9 Å². The van der Waals surface area contributed by atoms with Gasteiger partial charge in [0.05, 0.1) is 10.2 Å². The van der Waals surface area contributed by atoms with Crippen LogP contribution in [0.5, 0.6) is 0 Å². The van der Waals surface area contributed by atoms with Gasteiger partial charge in [0, 0.05) is 18.3 Å². The van der Waals surface area contributed by atoms with Crippen LogP contribution in [0.4, 0.5) is 15.8 Å². The summed E-state index contributed by atoms with van der Waals surface area (Å²) in [5.41, 5.74) is 9.77. The summed E-state index contributed by atoms with van der Waals surface area (Å²) in [6.07, 6.45) is 0. The van der Waals surface area contributed by atoms with Gasteiger partial charge in [0.15, 0.2) is 5.82 Å². The Morgan fingerprint density at radius 2 is 1.81 bits per heavy atom. The van der Waals surface area contributed by atoms with Gasteiger partial charge in [-0.25, -0.2) is 4.39 Å². The molecule has 110 valence electrons. The smallest absolute Gasteiger partial charge is 0.161 e. The Morgan fingerprint density at radius 3 is 2.38 bits per heavy atom. The van der Waals surface area contributed by atoms with E-state index in [0.29, 0.717) is 15.7 Å². The average Bonchev–Trinajstić information content (AvgIpc) is 2.40. The zero-order valence-electron chi connectivity index (χ0n) is 12.1. The summed E-state index contributed by atoms with van der Waals surface area (Å²) in [7, 11) is 1.84. The SMILES string of the molecule is Cc1ccc(N(C)c2ccc(C(N)=S)c(Br)c2F)c(C)c1. The number of nitrogens with two attached hydrogens (primary N) is 1. The summed E-state index contributed by atoms with van der Waals surface area (Å²) in [5.74, 6) is -0.372. The predicted octanol–water partition coefficient (Wildman–Crippen LogP) is 4.61. The molecule has 0 saturated carbocycles. The summed E-state index contributed by atoms with van der Waals surface area (Å²) in [6.45, 7) is 4.04. The van der Waals surface area contributed by atoms with Crippen molar-refractivity contribution in [2.24, 2.45) is 5.73 Å². The molecule has 21 heavy (non-hydrogen) atoms. The fourth-order valence-corrected chi connectivity index (χ4v) is 3.15. The molecule has 0 atom stereocenters. The Balaban J connectivity index is 2.51. The molecule has 2 aromatic rings. The Labute approximate surface area is 137 Å². The molecule has 0 heterocycles. The van der Waals surface area contributed by atoms with Crippen LogP contribution in [-0.2, 0) is 0 Å². The van der Waals surface area contributed by atoms with Crippen LogP contribution in [0.3, 0.4) is 0 Å². The summed E-state index contributed by atoms with van der Waals surface area (Å²) in [6, 6.07) is 9.48. The quantitative estimate of drug-likeness (QED) is 0.804. The van der Waals surface area contributed by atoms with E-state index in [1.54, 1.807) is 12.1 Å². The lowest BCUT2D eigenvalue weighted by Gasteiger charge is -2.23. The summed E-state index contributed by atoms with van der Waals surface area (Å²) < 4.78 is 14.9. The fraction of sp³-hybridized carbons (Fsp3) is 0.188. The lowest BCUT2D eigenvalue weighted by atomic mass is 10.1. The molecule has 0 aliphatic heterocycles. The average molecular weight is 367 g/mol. The monoisotopic (exact) mass is 366 g/mol. The maximum atomic E-state index is 14.6. The van der Waals surface area contributed by atoms with E-state index in [1.165, 1.54) is 5.56 Å². The molecule has 0 saturated heterocycles.